The number of nitrogens with one attached hydrogen (secondary N) is 1. The molecule has 0 spiro atoms. The maximum Gasteiger partial charge on any atom is 0.178 e. The number of rotatable bonds is 3. The van der Waals surface area contributed by atoms with Crippen molar-refractivity contribution in [2.45, 2.75) is 32.9 Å². The maximum absolute atomic E-state index is 4.51. The Balaban J connectivity index is 2.16. The number of pyridine rings is 1. The van der Waals surface area contributed by atoms with Crippen LogP contribution in [0, 0.1) is 0 Å². The zero-order valence-electron chi connectivity index (χ0n) is 11.0. The second-order valence-electron chi connectivity index (χ2n) is 5.19. The first-order valence-electron chi connectivity index (χ1n) is 6.03. The van der Waals surface area contributed by atoms with Gasteiger partial charge in [0.15, 0.2) is 5.82 Å². The molecule has 2 rings (SSSR count). The zero-order valence-corrected chi connectivity index (χ0v) is 11.0. The fourth-order valence-corrected chi connectivity index (χ4v) is 1.47. The van der Waals surface area contributed by atoms with Crippen molar-refractivity contribution in [3.8, 4) is 11.5 Å². The number of hydrogen-bond donors (Lipinski definition) is 1. The maximum atomic E-state index is 4.51. The van der Waals surface area contributed by atoms with Gasteiger partial charge in [-0.05, 0) is 39.0 Å². The molecule has 0 saturated heterocycles. The lowest BCUT2D eigenvalue weighted by Crippen LogP contribution is -2.35. The number of nitrogens with zero attached hydrogens (tertiary/aromatic N) is 3. The van der Waals surface area contributed by atoms with Crippen LogP contribution in [0.15, 0.2) is 36.7 Å². The highest BCUT2D eigenvalue weighted by Crippen LogP contribution is 2.11. The Morgan fingerprint density at radius 3 is 2.56 bits per heavy atom. The van der Waals surface area contributed by atoms with Crippen LogP contribution in [0.4, 0.5) is 0 Å². The largest absolute Gasteiger partial charge is 0.306 e. The van der Waals surface area contributed by atoms with Crippen LogP contribution in [0.25, 0.3) is 11.5 Å². The van der Waals surface area contributed by atoms with Crippen molar-refractivity contribution < 1.29 is 0 Å². The van der Waals surface area contributed by atoms with Crippen LogP contribution in [0.3, 0.4) is 0 Å². The van der Waals surface area contributed by atoms with Crippen LogP contribution in [0.2, 0.25) is 0 Å². The van der Waals surface area contributed by atoms with E-state index in [9.17, 15) is 0 Å². The average molecular weight is 242 g/mol. The van der Waals surface area contributed by atoms with Crippen molar-refractivity contribution in [3.63, 3.8) is 0 Å². The highest BCUT2D eigenvalue weighted by atomic mass is 15.0. The molecule has 0 aromatic carbocycles. The van der Waals surface area contributed by atoms with Crippen LogP contribution >= 0.6 is 0 Å². The van der Waals surface area contributed by atoms with Gasteiger partial charge in [0.2, 0.25) is 0 Å². The van der Waals surface area contributed by atoms with Crippen LogP contribution in [0.1, 0.15) is 26.5 Å². The summed E-state index contributed by atoms with van der Waals surface area (Å²) in [5, 5.41) is 3.41. The summed E-state index contributed by atoms with van der Waals surface area (Å²) in [5.41, 5.74) is 1.85. The summed E-state index contributed by atoms with van der Waals surface area (Å²) in [6.07, 6.45) is 3.52. The molecule has 0 atom stereocenters. The Hall–Kier alpha value is -1.81. The highest BCUT2D eigenvalue weighted by Gasteiger charge is 2.09. The Labute approximate surface area is 108 Å². The van der Waals surface area contributed by atoms with E-state index in [1.54, 1.807) is 12.4 Å². The number of aromatic nitrogens is 3. The van der Waals surface area contributed by atoms with Gasteiger partial charge in [-0.3, -0.25) is 4.98 Å². The summed E-state index contributed by atoms with van der Waals surface area (Å²) in [4.78, 5) is 13.0. The Kier molecular flexibility index (Phi) is 3.67. The summed E-state index contributed by atoms with van der Waals surface area (Å²) in [6.45, 7) is 7.13. The van der Waals surface area contributed by atoms with Gasteiger partial charge in [0.1, 0.15) is 5.69 Å². The molecule has 4 nitrogen and oxygen atoms in total. The lowest BCUT2D eigenvalue weighted by atomic mass is 10.1. The molecule has 94 valence electrons. The number of hydrogen-bond acceptors (Lipinski definition) is 4. The van der Waals surface area contributed by atoms with E-state index in [-0.39, 0.29) is 5.54 Å². The SMILES string of the molecule is CC(C)(C)NCc1ccnc(-c2ccccn2)n1. The van der Waals surface area contributed by atoms with Crippen molar-refractivity contribution in [1.82, 2.24) is 20.3 Å². The van der Waals surface area contributed by atoms with Crippen molar-refractivity contribution in [1.29, 1.82) is 0 Å². The predicted octanol–water partition coefficient (Wildman–Crippen LogP) is 2.43. The second-order valence-corrected chi connectivity index (χ2v) is 5.19. The van der Waals surface area contributed by atoms with E-state index in [0.29, 0.717) is 5.82 Å². The molecule has 1 N–H and O–H groups in total. The fourth-order valence-electron chi connectivity index (χ4n) is 1.47. The summed E-state index contributed by atoms with van der Waals surface area (Å²) in [7, 11) is 0. The highest BCUT2D eigenvalue weighted by molar-refractivity contribution is 5.47. The van der Waals surface area contributed by atoms with Crippen molar-refractivity contribution in [3.05, 3.63) is 42.4 Å². The van der Waals surface area contributed by atoms with E-state index in [1.807, 2.05) is 24.3 Å². The van der Waals surface area contributed by atoms with Gasteiger partial charge in [0, 0.05) is 24.5 Å². The van der Waals surface area contributed by atoms with Gasteiger partial charge in [-0.2, -0.15) is 0 Å². The third kappa shape index (κ3) is 3.60. The molecular weight excluding hydrogens is 224 g/mol. The molecule has 0 aliphatic rings. The Morgan fingerprint density at radius 2 is 1.89 bits per heavy atom. The van der Waals surface area contributed by atoms with Gasteiger partial charge in [0.05, 0.1) is 5.69 Å². The van der Waals surface area contributed by atoms with Crippen LogP contribution in [-0.2, 0) is 6.54 Å². The van der Waals surface area contributed by atoms with E-state index in [4.69, 9.17) is 0 Å². The van der Waals surface area contributed by atoms with Gasteiger partial charge in [-0.25, -0.2) is 9.97 Å². The van der Waals surface area contributed by atoms with Gasteiger partial charge in [0.25, 0.3) is 0 Å². The van der Waals surface area contributed by atoms with E-state index in [0.717, 1.165) is 17.9 Å². The molecule has 0 amide bonds. The van der Waals surface area contributed by atoms with Crippen molar-refractivity contribution in [2.75, 3.05) is 0 Å². The molecular formula is C14H18N4. The minimum Gasteiger partial charge on any atom is -0.306 e. The molecule has 0 saturated carbocycles. The molecule has 0 unspecified atom stereocenters. The third-order valence-corrected chi connectivity index (χ3v) is 2.41. The quantitative estimate of drug-likeness (QED) is 0.898. The molecule has 4 heteroatoms. The third-order valence-electron chi connectivity index (χ3n) is 2.41. The predicted molar refractivity (Wildman–Crippen MR) is 71.9 cm³/mol. The summed E-state index contributed by atoms with van der Waals surface area (Å²) in [6, 6.07) is 7.65. The minimum absolute atomic E-state index is 0.0795. The zero-order chi connectivity index (χ0) is 13.0. The molecule has 0 fully saturated rings. The van der Waals surface area contributed by atoms with Crippen molar-refractivity contribution >= 4 is 0 Å². The molecule has 0 aliphatic carbocycles. The fraction of sp³-hybridized carbons (Fsp3) is 0.357. The van der Waals surface area contributed by atoms with Gasteiger partial charge < -0.3 is 5.32 Å². The smallest absolute Gasteiger partial charge is 0.178 e. The molecule has 2 heterocycles. The lowest BCUT2D eigenvalue weighted by molar-refractivity contribution is 0.421. The standard InChI is InChI=1S/C14H18N4/c1-14(2,3)17-10-11-7-9-16-13(18-11)12-6-4-5-8-15-12/h4-9,17H,10H2,1-3H3. The first-order valence-corrected chi connectivity index (χ1v) is 6.03. The Morgan fingerprint density at radius 1 is 1.06 bits per heavy atom. The van der Waals surface area contributed by atoms with Crippen molar-refractivity contribution in [2.24, 2.45) is 0 Å². The molecule has 18 heavy (non-hydrogen) atoms. The topological polar surface area (TPSA) is 50.7 Å². The summed E-state index contributed by atoms with van der Waals surface area (Å²) < 4.78 is 0. The molecule has 0 radical (unpaired) electrons. The molecule has 0 bridgehead atoms. The van der Waals surface area contributed by atoms with E-state index >= 15 is 0 Å². The van der Waals surface area contributed by atoms with E-state index in [2.05, 4.69) is 41.0 Å². The van der Waals surface area contributed by atoms with Gasteiger partial charge >= 0.3 is 0 Å². The molecule has 2 aromatic rings. The normalized spacial score (nSPS) is 11.5. The Bertz CT molecular complexity index is 503. The van der Waals surface area contributed by atoms with Gasteiger partial charge in [-0.1, -0.05) is 6.07 Å². The first-order chi connectivity index (χ1) is 8.54. The minimum atomic E-state index is 0.0795. The van der Waals surface area contributed by atoms with Crippen LogP contribution in [0.5, 0.6) is 0 Å². The van der Waals surface area contributed by atoms with E-state index < -0.39 is 0 Å². The monoisotopic (exact) mass is 242 g/mol. The molecule has 2 aromatic heterocycles. The summed E-state index contributed by atoms with van der Waals surface area (Å²) in [5.74, 6) is 0.670. The lowest BCUT2D eigenvalue weighted by Gasteiger charge is -2.20. The van der Waals surface area contributed by atoms with Crippen LogP contribution in [-0.4, -0.2) is 20.5 Å². The van der Waals surface area contributed by atoms with E-state index in [1.165, 1.54) is 0 Å². The average Bonchev–Trinajstić information content (AvgIpc) is 2.37. The molecule has 0 aliphatic heterocycles. The van der Waals surface area contributed by atoms with Crippen LogP contribution < -0.4 is 5.32 Å². The first kappa shape index (κ1) is 12.6. The van der Waals surface area contributed by atoms with Gasteiger partial charge in [-0.15, -0.1) is 0 Å². The summed E-state index contributed by atoms with van der Waals surface area (Å²) >= 11 is 0. The second kappa shape index (κ2) is 5.23.